The van der Waals surface area contributed by atoms with Crippen molar-refractivity contribution in [1.82, 2.24) is 14.4 Å². The third-order valence-electron chi connectivity index (χ3n) is 5.10. The number of para-hydroxylation sites is 1. The first-order valence-electron chi connectivity index (χ1n) is 9.81. The van der Waals surface area contributed by atoms with Crippen LogP contribution in [-0.4, -0.2) is 42.8 Å². The van der Waals surface area contributed by atoms with Crippen LogP contribution in [0.2, 0.25) is 0 Å². The molecule has 0 radical (unpaired) electrons. The summed E-state index contributed by atoms with van der Waals surface area (Å²) in [6.07, 6.45) is 7.32. The van der Waals surface area contributed by atoms with E-state index in [9.17, 15) is 13.2 Å². The highest BCUT2D eigenvalue weighted by Crippen LogP contribution is 2.36. The first kappa shape index (κ1) is 21.5. The summed E-state index contributed by atoms with van der Waals surface area (Å²) < 4.78 is 38.4. The topological polar surface area (TPSA) is 99.9 Å². The molecule has 0 amide bonds. The number of ether oxygens (including phenoxy) is 2. The van der Waals surface area contributed by atoms with E-state index in [0.29, 0.717) is 23.5 Å². The van der Waals surface area contributed by atoms with E-state index in [2.05, 4.69) is 9.97 Å². The van der Waals surface area contributed by atoms with Crippen LogP contribution in [0.1, 0.15) is 22.3 Å². The number of ketones is 1. The number of fused-ring (bicyclic) bond motifs is 1. The van der Waals surface area contributed by atoms with Gasteiger partial charge in [0.15, 0.2) is 17.3 Å². The van der Waals surface area contributed by atoms with Crippen LogP contribution in [0.3, 0.4) is 0 Å². The van der Waals surface area contributed by atoms with Crippen molar-refractivity contribution >= 4 is 21.4 Å². The molecule has 0 aliphatic rings. The van der Waals surface area contributed by atoms with Gasteiger partial charge in [0.05, 0.1) is 24.7 Å². The monoisotopic (exact) mass is 451 g/mol. The second kappa shape index (κ2) is 8.80. The molecule has 0 aliphatic carbocycles. The number of hydrogen-bond donors (Lipinski definition) is 0. The molecule has 4 rings (SSSR count). The molecule has 0 fully saturated rings. The molecule has 0 unspecified atom stereocenters. The van der Waals surface area contributed by atoms with Crippen LogP contribution in [-0.2, 0) is 16.3 Å². The second-order valence-electron chi connectivity index (χ2n) is 7.04. The van der Waals surface area contributed by atoms with Gasteiger partial charge in [0.25, 0.3) is 0 Å². The number of hydrogen-bond acceptors (Lipinski definition) is 7. The Morgan fingerprint density at radius 1 is 1.03 bits per heavy atom. The lowest BCUT2D eigenvalue weighted by atomic mass is 10.0. The van der Waals surface area contributed by atoms with Crippen LogP contribution >= 0.6 is 0 Å². The number of carbonyl (C=O) groups is 1. The van der Waals surface area contributed by atoms with Crippen molar-refractivity contribution in [3.05, 3.63) is 78.4 Å². The van der Waals surface area contributed by atoms with Crippen molar-refractivity contribution in [1.29, 1.82) is 0 Å². The summed E-state index contributed by atoms with van der Waals surface area (Å²) in [5.74, 6) is 0.983. The van der Waals surface area contributed by atoms with Gasteiger partial charge < -0.3 is 9.47 Å². The molecule has 9 heteroatoms. The maximum Gasteiger partial charge on any atom is 0.233 e. The lowest BCUT2D eigenvalue weighted by Gasteiger charge is -2.13. The maximum atomic E-state index is 13.1. The number of imidazole rings is 1. The Hall–Kier alpha value is -3.72. The van der Waals surface area contributed by atoms with Gasteiger partial charge in [-0.3, -0.25) is 9.20 Å². The van der Waals surface area contributed by atoms with Gasteiger partial charge in [0.2, 0.25) is 15.6 Å². The molecular formula is C23H21N3O5S. The first-order chi connectivity index (χ1) is 15.4. The molecule has 0 bridgehead atoms. The quantitative estimate of drug-likeness (QED) is 0.379. The van der Waals surface area contributed by atoms with E-state index in [1.54, 1.807) is 47.3 Å². The summed E-state index contributed by atoms with van der Waals surface area (Å²) >= 11 is 0. The number of benzene rings is 2. The van der Waals surface area contributed by atoms with Gasteiger partial charge >= 0.3 is 0 Å². The van der Waals surface area contributed by atoms with Gasteiger partial charge in [-0.1, -0.05) is 18.2 Å². The van der Waals surface area contributed by atoms with E-state index in [0.717, 1.165) is 5.56 Å². The number of carbonyl (C=O) groups excluding carboxylic acids is 1. The van der Waals surface area contributed by atoms with Gasteiger partial charge in [-0.2, -0.15) is 0 Å². The Kier molecular flexibility index (Phi) is 5.91. The molecule has 2 heterocycles. The van der Waals surface area contributed by atoms with Gasteiger partial charge in [-0.25, -0.2) is 18.4 Å². The van der Waals surface area contributed by atoms with Crippen LogP contribution in [0.15, 0.2) is 77.0 Å². The Morgan fingerprint density at radius 2 is 1.81 bits per heavy atom. The second-order valence-corrected chi connectivity index (χ2v) is 8.96. The Bertz CT molecular complexity index is 1380. The Balaban J connectivity index is 1.50. The van der Waals surface area contributed by atoms with E-state index < -0.39 is 9.84 Å². The molecule has 2 aromatic heterocycles. The molecule has 164 valence electrons. The highest BCUT2D eigenvalue weighted by Gasteiger charge is 2.24. The van der Waals surface area contributed by atoms with Gasteiger partial charge in [0, 0.05) is 31.2 Å². The molecule has 4 aromatic rings. The van der Waals surface area contributed by atoms with Crippen molar-refractivity contribution in [2.24, 2.45) is 0 Å². The van der Waals surface area contributed by atoms with E-state index in [1.807, 2.05) is 0 Å². The number of aryl methyl sites for hydroxylation is 1. The molecule has 0 saturated heterocycles. The van der Waals surface area contributed by atoms with Crippen LogP contribution in [0.4, 0.5) is 0 Å². The predicted octanol–water partition coefficient (Wildman–Crippen LogP) is 3.39. The molecule has 2 aromatic carbocycles. The smallest absolute Gasteiger partial charge is 0.233 e. The van der Waals surface area contributed by atoms with Crippen molar-refractivity contribution in [2.75, 3.05) is 14.2 Å². The fraction of sp³-hybridized carbons (Fsp3) is 0.174. The zero-order chi connectivity index (χ0) is 22.7. The van der Waals surface area contributed by atoms with E-state index in [-0.39, 0.29) is 27.7 Å². The minimum absolute atomic E-state index is 0.0321. The normalized spacial score (nSPS) is 11.4. The summed E-state index contributed by atoms with van der Waals surface area (Å²) in [5.41, 5.74) is 1.35. The van der Waals surface area contributed by atoms with Gasteiger partial charge in [0.1, 0.15) is 4.90 Å². The summed E-state index contributed by atoms with van der Waals surface area (Å²) in [6, 6.07) is 11.2. The fourth-order valence-corrected chi connectivity index (χ4v) is 4.83. The molecular weight excluding hydrogens is 430 g/mol. The molecule has 0 spiro atoms. The number of aromatic nitrogens is 3. The minimum Gasteiger partial charge on any atom is -0.493 e. The molecule has 0 saturated carbocycles. The molecule has 32 heavy (non-hydrogen) atoms. The van der Waals surface area contributed by atoms with Crippen molar-refractivity contribution in [3.8, 4) is 11.5 Å². The Labute approximate surface area is 185 Å². The number of rotatable bonds is 8. The van der Waals surface area contributed by atoms with Crippen LogP contribution in [0, 0.1) is 0 Å². The third kappa shape index (κ3) is 4.06. The number of nitrogens with zero attached hydrogens (tertiary/aromatic N) is 3. The van der Waals surface area contributed by atoms with Crippen LogP contribution in [0.25, 0.3) is 5.78 Å². The predicted molar refractivity (Wildman–Crippen MR) is 117 cm³/mol. The molecule has 0 N–H and O–H groups in total. The average Bonchev–Trinajstić information content (AvgIpc) is 3.30. The zero-order valence-corrected chi connectivity index (χ0v) is 18.4. The zero-order valence-electron chi connectivity index (χ0n) is 17.6. The summed E-state index contributed by atoms with van der Waals surface area (Å²) in [4.78, 5) is 20.9. The lowest BCUT2D eigenvalue weighted by molar-refractivity contribution is 0.0982. The molecule has 0 atom stereocenters. The SMILES string of the molecule is COc1cccc(S(=O)(=O)c2ccc(CCC(=O)c3cnc4nccn4c3)cc2)c1OC. The van der Waals surface area contributed by atoms with Crippen LogP contribution in [0.5, 0.6) is 11.5 Å². The minimum atomic E-state index is -3.81. The lowest BCUT2D eigenvalue weighted by Crippen LogP contribution is -2.06. The number of Topliss-reactive ketones (excluding diaryl/α,β-unsaturated/α-hetero) is 1. The highest BCUT2D eigenvalue weighted by molar-refractivity contribution is 7.91. The summed E-state index contributed by atoms with van der Waals surface area (Å²) in [7, 11) is -0.957. The van der Waals surface area contributed by atoms with Crippen molar-refractivity contribution < 1.29 is 22.7 Å². The van der Waals surface area contributed by atoms with Gasteiger partial charge in [-0.15, -0.1) is 0 Å². The fourth-order valence-electron chi connectivity index (χ4n) is 3.39. The molecule has 8 nitrogen and oxygen atoms in total. The standard InChI is InChI=1S/C23H21N3O5S/c1-30-20-4-3-5-21(22(20)31-2)32(28,29)18-9-6-16(7-10-18)8-11-19(27)17-14-25-23-24-12-13-26(23)15-17/h3-7,9-10,12-15H,8,11H2,1-2H3. The summed E-state index contributed by atoms with van der Waals surface area (Å²) in [6.45, 7) is 0. The van der Waals surface area contributed by atoms with Crippen molar-refractivity contribution in [2.45, 2.75) is 22.6 Å². The van der Waals surface area contributed by atoms with Crippen LogP contribution < -0.4 is 9.47 Å². The third-order valence-corrected chi connectivity index (χ3v) is 6.89. The largest absolute Gasteiger partial charge is 0.493 e. The number of sulfone groups is 1. The molecule has 0 aliphatic heterocycles. The van der Waals surface area contributed by atoms with Gasteiger partial charge in [-0.05, 0) is 36.2 Å². The first-order valence-corrected chi connectivity index (χ1v) is 11.3. The average molecular weight is 452 g/mol. The van der Waals surface area contributed by atoms with Crippen molar-refractivity contribution in [3.63, 3.8) is 0 Å². The number of methoxy groups -OCH3 is 2. The maximum absolute atomic E-state index is 13.1. The highest BCUT2D eigenvalue weighted by atomic mass is 32.2. The van der Waals surface area contributed by atoms with E-state index >= 15 is 0 Å². The van der Waals surface area contributed by atoms with E-state index in [1.165, 1.54) is 38.6 Å². The van der Waals surface area contributed by atoms with E-state index in [4.69, 9.17) is 9.47 Å². The summed E-state index contributed by atoms with van der Waals surface area (Å²) in [5, 5.41) is 0. The Morgan fingerprint density at radius 3 is 2.53 bits per heavy atom.